The van der Waals surface area contributed by atoms with Gasteiger partial charge in [0.2, 0.25) is 0 Å². The van der Waals surface area contributed by atoms with Crippen LogP contribution < -0.4 is 0 Å². The fraction of sp³-hybridized carbons (Fsp3) is 0.733. The summed E-state index contributed by atoms with van der Waals surface area (Å²) < 4.78 is 2.12. The average Bonchev–Trinajstić information content (AvgIpc) is 2.83. The number of carbonyl (C=O) groups is 1. The topological polar surface area (TPSA) is 58.4 Å². The summed E-state index contributed by atoms with van der Waals surface area (Å²) in [7, 11) is 0. The summed E-state index contributed by atoms with van der Waals surface area (Å²) in [6, 6.07) is 0. The number of aromatic nitrogens is 2. The van der Waals surface area contributed by atoms with Crippen molar-refractivity contribution in [1.82, 2.24) is 14.5 Å². The molecule has 2 rings (SSSR count). The molecular formula is C15H29N3O2. The van der Waals surface area contributed by atoms with Gasteiger partial charge in [-0.2, -0.15) is 0 Å². The molecule has 1 aliphatic heterocycles. The molecule has 20 heavy (non-hydrogen) atoms. The Morgan fingerprint density at radius 1 is 1.30 bits per heavy atom. The molecule has 2 heterocycles. The first-order chi connectivity index (χ1) is 9.60. The lowest BCUT2D eigenvalue weighted by Crippen LogP contribution is -2.37. The van der Waals surface area contributed by atoms with Crippen molar-refractivity contribution in [2.45, 2.75) is 60.5 Å². The van der Waals surface area contributed by atoms with Gasteiger partial charge in [0, 0.05) is 19.3 Å². The number of hydrogen-bond donors (Lipinski definition) is 1. The number of hydrogen-bond acceptors (Lipinski definition) is 3. The van der Waals surface area contributed by atoms with Gasteiger partial charge in [0.15, 0.2) is 0 Å². The van der Waals surface area contributed by atoms with E-state index in [1.807, 2.05) is 18.7 Å². The second-order valence-electron chi connectivity index (χ2n) is 4.51. The Morgan fingerprint density at radius 2 is 1.90 bits per heavy atom. The largest absolute Gasteiger partial charge is 0.480 e. The lowest BCUT2D eigenvalue weighted by Gasteiger charge is -2.25. The fourth-order valence-corrected chi connectivity index (χ4v) is 1.86. The monoisotopic (exact) mass is 283 g/mol. The Morgan fingerprint density at radius 3 is 2.40 bits per heavy atom. The van der Waals surface area contributed by atoms with Crippen molar-refractivity contribution in [2.24, 2.45) is 0 Å². The molecule has 0 unspecified atom stereocenters. The molecule has 0 fully saturated rings. The van der Waals surface area contributed by atoms with E-state index in [0.29, 0.717) is 6.54 Å². The zero-order valence-corrected chi connectivity index (χ0v) is 13.5. The molecule has 5 nitrogen and oxygen atoms in total. The van der Waals surface area contributed by atoms with E-state index in [1.165, 1.54) is 6.42 Å². The molecule has 0 spiro atoms. The minimum atomic E-state index is -0.772. The van der Waals surface area contributed by atoms with Crippen molar-refractivity contribution in [3.63, 3.8) is 0 Å². The van der Waals surface area contributed by atoms with Crippen LogP contribution in [0.25, 0.3) is 0 Å². The average molecular weight is 283 g/mol. The SMILES string of the molecule is CC.CCC.CCc1cn2c(n1)CN(CC(=O)O)CC2. The van der Waals surface area contributed by atoms with Crippen LogP contribution in [0.15, 0.2) is 6.20 Å². The smallest absolute Gasteiger partial charge is 0.317 e. The Bertz CT molecular complexity index is 388. The van der Waals surface area contributed by atoms with Gasteiger partial charge in [0.05, 0.1) is 18.8 Å². The van der Waals surface area contributed by atoms with E-state index in [1.54, 1.807) is 0 Å². The minimum absolute atomic E-state index is 0.105. The Balaban J connectivity index is 0.000000641. The molecule has 0 aromatic carbocycles. The molecule has 1 aliphatic rings. The molecule has 116 valence electrons. The summed E-state index contributed by atoms with van der Waals surface area (Å²) in [6.07, 6.45) is 4.24. The van der Waals surface area contributed by atoms with Crippen molar-refractivity contribution in [2.75, 3.05) is 13.1 Å². The summed E-state index contributed by atoms with van der Waals surface area (Å²) in [5.74, 6) is 0.213. The first-order valence-electron chi connectivity index (χ1n) is 7.59. The molecule has 1 N–H and O–H groups in total. The molecule has 1 aromatic heterocycles. The molecule has 5 heteroatoms. The molecule has 0 saturated heterocycles. The van der Waals surface area contributed by atoms with E-state index in [0.717, 1.165) is 31.0 Å². The number of carboxylic acid groups (broad SMARTS) is 1. The maximum absolute atomic E-state index is 10.6. The van der Waals surface area contributed by atoms with Crippen LogP contribution in [0.3, 0.4) is 0 Å². The van der Waals surface area contributed by atoms with Gasteiger partial charge in [0.1, 0.15) is 5.82 Å². The van der Waals surface area contributed by atoms with Crippen LogP contribution in [0.1, 0.15) is 52.6 Å². The molecule has 0 saturated carbocycles. The predicted molar refractivity (Wildman–Crippen MR) is 81.8 cm³/mol. The van der Waals surface area contributed by atoms with Crippen molar-refractivity contribution < 1.29 is 9.90 Å². The summed E-state index contributed by atoms with van der Waals surface area (Å²) in [4.78, 5) is 16.9. The van der Waals surface area contributed by atoms with Gasteiger partial charge in [-0.15, -0.1) is 0 Å². The van der Waals surface area contributed by atoms with Gasteiger partial charge in [-0.3, -0.25) is 9.69 Å². The third-order valence-electron chi connectivity index (χ3n) is 2.65. The van der Waals surface area contributed by atoms with Gasteiger partial charge in [-0.1, -0.05) is 41.0 Å². The number of carboxylic acids is 1. The lowest BCUT2D eigenvalue weighted by atomic mass is 10.3. The second-order valence-corrected chi connectivity index (χ2v) is 4.51. The number of aliphatic carboxylic acids is 1. The molecule has 0 atom stereocenters. The molecule has 0 bridgehead atoms. The third kappa shape index (κ3) is 6.19. The molecule has 0 amide bonds. The number of aryl methyl sites for hydroxylation is 1. The zero-order valence-electron chi connectivity index (χ0n) is 13.5. The standard InChI is InChI=1S/C10H15N3O2.C3H8.C2H6/c1-2-8-5-13-4-3-12(7-10(14)15)6-9(13)11-8;1-3-2;1-2/h5H,2-4,6-7H2,1H3,(H,14,15);3H2,1-2H3;1-2H3. The van der Waals surface area contributed by atoms with Crippen LogP contribution in [0.2, 0.25) is 0 Å². The highest BCUT2D eigenvalue weighted by atomic mass is 16.4. The second kappa shape index (κ2) is 10.4. The quantitative estimate of drug-likeness (QED) is 0.926. The van der Waals surface area contributed by atoms with Crippen LogP contribution in [0.4, 0.5) is 0 Å². The molecule has 0 radical (unpaired) electrons. The van der Waals surface area contributed by atoms with Crippen LogP contribution in [-0.2, 0) is 24.3 Å². The summed E-state index contributed by atoms with van der Waals surface area (Å²) >= 11 is 0. The number of fused-ring (bicyclic) bond motifs is 1. The Labute approximate surface area is 122 Å². The van der Waals surface area contributed by atoms with Crippen molar-refractivity contribution in [1.29, 1.82) is 0 Å². The number of rotatable bonds is 3. The zero-order chi connectivity index (χ0) is 15.5. The van der Waals surface area contributed by atoms with E-state index < -0.39 is 5.97 Å². The highest BCUT2D eigenvalue weighted by molar-refractivity contribution is 5.69. The minimum Gasteiger partial charge on any atom is -0.480 e. The van der Waals surface area contributed by atoms with Gasteiger partial charge in [-0.05, 0) is 6.42 Å². The van der Waals surface area contributed by atoms with E-state index in [2.05, 4.69) is 36.5 Å². The van der Waals surface area contributed by atoms with Gasteiger partial charge >= 0.3 is 5.97 Å². The fourth-order valence-electron chi connectivity index (χ4n) is 1.86. The van der Waals surface area contributed by atoms with Gasteiger partial charge in [0.25, 0.3) is 0 Å². The first kappa shape index (κ1) is 18.6. The van der Waals surface area contributed by atoms with E-state index in [9.17, 15) is 4.79 Å². The van der Waals surface area contributed by atoms with Crippen LogP contribution in [0.5, 0.6) is 0 Å². The number of nitrogens with zero attached hydrogens (tertiary/aromatic N) is 3. The van der Waals surface area contributed by atoms with Crippen molar-refractivity contribution in [3.8, 4) is 0 Å². The van der Waals surface area contributed by atoms with Gasteiger partial charge in [-0.25, -0.2) is 4.98 Å². The highest BCUT2D eigenvalue weighted by Gasteiger charge is 2.19. The summed E-state index contributed by atoms with van der Waals surface area (Å²) in [5.41, 5.74) is 1.09. The third-order valence-corrected chi connectivity index (χ3v) is 2.65. The van der Waals surface area contributed by atoms with E-state index >= 15 is 0 Å². The van der Waals surface area contributed by atoms with Crippen LogP contribution in [0, 0.1) is 0 Å². The number of imidazole rings is 1. The molecular weight excluding hydrogens is 254 g/mol. The first-order valence-corrected chi connectivity index (χ1v) is 7.59. The van der Waals surface area contributed by atoms with Gasteiger partial charge < -0.3 is 9.67 Å². The highest BCUT2D eigenvalue weighted by Crippen LogP contribution is 2.12. The van der Waals surface area contributed by atoms with Crippen LogP contribution in [-0.4, -0.2) is 38.6 Å². The predicted octanol–water partition coefficient (Wildman–Crippen LogP) is 2.79. The summed E-state index contributed by atoms with van der Waals surface area (Å²) in [5, 5.41) is 8.70. The summed E-state index contributed by atoms with van der Waals surface area (Å²) in [6.45, 7) is 12.7. The maximum Gasteiger partial charge on any atom is 0.317 e. The Kier molecular flexibility index (Phi) is 9.72. The molecule has 0 aliphatic carbocycles. The maximum atomic E-state index is 10.6. The van der Waals surface area contributed by atoms with E-state index in [4.69, 9.17) is 5.11 Å². The Hall–Kier alpha value is -1.36. The van der Waals surface area contributed by atoms with Crippen LogP contribution >= 0.6 is 0 Å². The van der Waals surface area contributed by atoms with Crippen molar-refractivity contribution in [3.05, 3.63) is 17.7 Å². The van der Waals surface area contributed by atoms with Crippen molar-refractivity contribution >= 4 is 5.97 Å². The molecule has 1 aromatic rings. The lowest BCUT2D eigenvalue weighted by molar-refractivity contribution is -0.138. The normalized spacial score (nSPS) is 13.4. The van der Waals surface area contributed by atoms with E-state index in [-0.39, 0.29) is 6.54 Å².